The highest BCUT2D eigenvalue weighted by atomic mass is 35.5. The summed E-state index contributed by atoms with van der Waals surface area (Å²) in [6, 6.07) is 7.75. The molecule has 0 atom stereocenters. The zero-order valence-electron chi connectivity index (χ0n) is 15.5. The van der Waals surface area contributed by atoms with Crippen LogP contribution in [-0.2, 0) is 6.42 Å². The van der Waals surface area contributed by atoms with Crippen LogP contribution in [0.4, 0.5) is 11.6 Å². The van der Waals surface area contributed by atoms with Gasteiger partial charge in [-0.05, 0) is 61.4 Å². The molecular formula is C20H18ClN3O2S. The van der Waals surface area contributed by atoms with E-state index in [4.69, 9.17) is 16.1 Å². The smallest absolute Gasteiger partial charge is 0.275 e. The Morgan fingerprint density at radius 3 is 2.63 bits per heavy atom. The van der Waals surface area contributed by atoms with Crippen molar-refractivity contribution in [3.05, 3.63) is 61.4 Å². The highest BCUT2D eigenvalue weighted by molar-refractivity contribution is 7.12. The van der Waals surface area contributed by atoms with Gasteiger partial charge in [0.05, 0.1) is 23.1 Å². The summed E-state index contributed by atoms with van der Waals surface area (Å²) in [5.41, 5.74) is 4.83. The van der Waals surface area contributed by atoms with E-state index in [-0.39, 0.29) is 18.2 Å². The number of rotatable bonds is 4. The highest BCUT2D eigenvalue weighted by Crippen LogP contribution is 2.40. The third-order valence-electron chi connectivity index (χ3n) is 4.48. The Balaban J connectivity index is 2.29. The van der Waals surface area contributed by atoms with Gasteiger partial charge in [-0.2, -0.15) is 5.26 Å². The van der Waals surface area contributed by atoms with Gasteiger partial charge in [-0.3, -0.25) is 4.79 Å². The van der Waals surface area contributed by atoms with Gasteiger partial charge in [-0.1, -0.05) is 28.9 Å². The van der Waals surface area contributed by atoms with E-state index < -0.39 is 0 Å². The van der Waals surface area contributed by atoms with Crippen LogP contribution in [0.25, 0.3) is 0 Å². The van der Waals surface area contributed by atoms with Crippen LogP contribution >= 0.6 is 22.9 Å². The first-order valence-corrected chi connectivity index (χ1v) is 9.59. The molecule has 3 rings (SSSR count). The van der Waals surface area contributed by atoms with Gasteiger partial charge in [-0.25, -0.2) is 4.90 Å². The van der Waals surface area contributed by atoms with Crippen LogP contribution in [0.5, 0.6) is 0 Å². The first-order chi connectivity index (χ1) is 12.9. The van der Waals surface area contributed by atoms with Crippen molar-refractivity contribution in [3.8, 4) is 6.07 Å². The normalized spacial score (nSPS) is 10.7. The predicted octanol–water partition coefficient (Wildman–Crippen LogP) is 5.67. The number of benzene rings is 1. The molecule has 0 unspecified atom stereocenters. The van der Waals surface area contributed by atoms with Gasteiger partial charge < -0.3 is 4.52 Å². The maximum Gasteiger partial charge on any atom is 0.275 e. The number of nitrogens with zero attached hydrogens (tertiary/aromatic N) is 3. The Hall–Kier alpha value is -2.62. The van der Waals surface area contributed by atoms with Crippen molar-refractivity contribution in [2.24, 2.45) is 0 Å². The number of aryl methyl sites for hydroxylation is 3. The van der Waals surface area contributed by atoms with Crippen LogP contribution in [-0.4, -0.2) is 11.1 Å². The first kappa shape index (κ1) is 19.2. The average molecular weight is 400 g/mol. The lowest BCUT2D eigenvalue weighted by molar-refractivity contribution is 0.0998. The predicted molar refractivity (Wildman–Crippen MR) is 107 cm³/mol. The molecule has 0 radical (unpaired) electrons. The summed E-state index contributed by atoms with van der Waals surface area (Å²) < 4.78 is 5.43. The Labute approximate surface area is 166 Å². The molecule has 0 aliphatic heterocycles. The molecule has 5 nitrogen and oxygen atoms in total. The third-order valence-corrected chi connectivity index (χ3v) is 5.78. The second kappa shape index (κ2) is 7.55. The number of hydrogen-bond acceptors (Lipinski definition) is 5. The van der Waals surface area contributed by atoms with Crippen molar-refractivity contribution >= 4 is 40.4 Å². The van der Waals surface area contributed by atoms with Crippen molar-refractivity contribution in [2.75, 3.05) is 4.90 Å². The molecule has 7 heteroatoms. The fourth-order valence-corrected chi connectivity index (χ4v) is 4.01. The molecule has 0 fully saturated rings. The molecule has 2 aromatic heterocycles. The van der Waals surface area contributed by atoms with Crippen LogP contribution in [0, 0.1) is 39.0 Å². The lowest BCUT2D eigenvalue weighted by Crippen LogP contribution is -2.27. The molecule has 3 aromatic rings. The topological polar surface area (TPSA) is 70.1 Å². The summed E-state index contributed by atoms with van der Waals surface area (Å²) in [5.74, 6) is -0.0634. The van der Waals surface area contributed by atoms with E-state index in [1.165, 1.54) is 16.2 Å². The van der Waals surface area contributed by atoms with E-state index in [9.17, 15) is 10.1 Å². The van der Waals surface area contributed by atoms with E-state index in [0.717, 1.165) is 22.3 Å². The second-order valence-corrected chi connectivity index (χ2v) is 7.63. The molecule has 0 spiro atoms. The average Bonchev–Trinajstić information content (AvgIpc) is 3.27. The molecule has 0 aliphatic rings. The van der Waals surface area contributed by atoms with Crippen molar-refractivity contribution in [3.63, 3.8) is 0 Å². The van der Waals surface area contributed by atoms with Gasteiger partial charge >= 0.3 is 0 Å². The largest absolute Gasteiger partial charge is 0.336 e. The minimum Gasteiger partial charge on any atom is -0.336 e. The summed E-state index contributed by atoms with van der Waals surface area (Å²) in [6.07, 6.45) is 0.259. The molecule has 27 heavy (non-hydrogen) atoms. The number of amides is 1. The molecule has 138 valence electrons. The van der Waals surface area contributed by atoms with Crippen molar-refractivity contribution < 1.29 is 9.32 Å². The Morgan fingerprint density at radius 1 is 1.33 bits per heavy atom. The van der Waals surface area contributed by atoms with E-state index in [1.807, 2.05) is 38.3 Å². The monoisotopic (exact) mass is 399 g/mol. The third kappa shape index (κ3) is 3.36. The Bertz CT molecular complexity index is 1050. The lowest BCUT2D eigenvalue weighted by atomic mass is 9.94. The summed E-state index contributed by atoms with van der Waals surface area (Å²) >= 11 is 7.74. The van der Waals surface area contributed by atoms with Gasteiger partial charge in [0, 0.05) is 0 Å². The van der Waals surface area contributed by atoms with Crippen LogP contribution in [0.3, 0.4) is 0 Å². The summed E-state index contributed by atoms with van der Waals surface area (Å²) in [5, 5.41) is 15.3. The minimum absolute atomic E-state index is 0.186. The van der Waals surface area contributed by atoms with Crippen LogP contribution in [0.15, 0.2) is 28.1 Å². The fourth-order valence-electron chi connectivity index (χ4n) is 3.20. The number of aromatic nitrogens is 1. The second-order valence-electron chi connectivity index (χ2n) is 6.30. The minimum atomic E-state index is -0.249. The van der Waals surface area contributed by atoms with Gasteiger partial charge in [0.25, 0.3) is 11.8 Å². The van der Waals surface area contributed by atoms with Crippen LogP contribution in [0.2, 0.25) is 5.02 Å². The summed E-state index contributed by atoms with van der Waals surface area (Å²) in [4.78, 5) is 15.4. The van der Waals surface area contributed by atoms with Gasteiger partial charge in [0.15, 0.2) is 0 Å². The van der Waals surface area contributed by atoms with Crippen molar-refractivity contribution in [1.82, 2.24) is 5.16 Å². The molecule has 0 saturated carbocycles. The molecule has 1 aromatic carbocycles. The Kier molecular flexibility index (Phi) is 5.36. The number of carbonyl (C=O) groups excluding carboxylic acids is 1. The maximum atomic E-state index is 13.4. The van der Waals surface area contributed by atoms with Crippen LogP contribution in [0.1, 0.15) is 37.6 Å². The zero-order valence-corrected chi connectivity index (χ0v) is 17.0. The number of anilines is 2. The summed E-state index contributed by atoms with van der Waals surface area (Å²) in [7, 11) is 0. The van der Waals surface area contributed by atoms with Crippen molar-refractivity contribution in [2.45, 2.75) is 34.1 Å². The first-order valence-electron chi connectivity index (χ1n) is 8.33. The van der Waals surface area contributed by atoms with E-state index >= 15 is 0 Å². The van der Waals surface area contributed by atoms with Gasteiger partial charge in [0.2, 0.25) is 0 Å². The van der Waals surface area contributed by atoms with Gasteiger partial charge in [-0.15, -0.1) is 11.3 Å². The molecular weight excluding hydrogens is 382 g/mol. The molecule has 0 N–H and O–H groups in total. The van der Waals surface area contributed by atoms with Crippen LogP contribution < -0.4 is 4.90 Å². The Morgan fingerprint density at radius 2 is 2.07 bits per heavy atom. The van der Waals surface area contributed by atoms with E-state index in [1.54, 1.807) is 13.0 Å². The number of thiophene rings is 1. The van der Waals surface area contributed by atoms with Crippen molar-refractivity contribution in [1.29, 1.82) is 5.26 Å². The standard InChI is InChI=1S/C20H18ClN3O2S/c1-11-10-12(2)18(13(3)15(11)7-8-22)24(19(25)16-6-5-9-27-16)20-17(21)14(4)23-26-20/h5-6,9-10H,7H2,1-4H3. The van der Waals surface area contributed by atoms with E-state index in [0.29, 0.717) is 21.3 Å². The number of carbonyl (C=O) groups is 1. The molecule has 0 bridgehead atoms. The highest BCUT2D eigenvalue weighted by Gasteiger charge is 2.30. The number of nitriles is 1. The van der Waals surface area contributed by atoms with Gasteiger partial charge in [0.1, 0.15) is 10.7 Å². The number of halogens is 1. The molecule has 0 saturated heterocycles. The molecule has 1 amide bonds. The zero-order chi connectivity index (χ0) is 19.7. The quantitative estimate of drug-likeness (QED) is 0.566. The fraction of sp³-hybridized carbons (Fsp3) is 0.250. The maximum absolute atomic E-state index is 13.4. The summed E-state index contributed by atoms with van der Waals surface area (Å²) in [6.45, 7) is 7.53. The molecule has 2 heterocycles. The molecule has 0 aliphatic carbocycles. The lowest BCUT2D eigenvalue weighted by Gasteiger charge is -2.25. The SMILES string of the molecule is Cc1cc(C)c(N(C(=O)c2cccs2)c2onc(C)c2Cl)c(C)c1CC#N. The van der Waals surface area contributed by atoms with E-state index in [2.05, 4.69) is 11.2 Å². The number of hydrogen-bond donors (Lipinski definition) is 0.